The van der Waals surface area contributed by atoms with Crippen molar-refractivity contribution >= 4 is 31.9 Å². The molecule has 0 aliphatic carbocycles. The minimum atomic E-state index is -0.481. The van der Waals surface area contributed by atoms with E-state index in [1.165, 1.54) is 6.20 Å². The highest BCUT2D eigenvalue weighted by Gasteiger charge is 2.14. The van der Waals surface area contributed by atoms with Gasteiger partial charge in [-0.2, -0.15) is 0 Å². The van der Waals surface area contributed by atoms with Gasteiger partial charge in [-0.15, -0.1) is 0 Å². The molecule has 0 radical (unpaired) electrons. The number of ether oxygens (including phenoxy) is 2. The molecule has 2 aromatic rings. The Labute approximate surface area is 138 Å². The van der Waals surface area contributed by atoms with E-state index < -0.39 is 5.82 Å². The Bertz CT molecular complexity index is 653. The molecule has 1 aromatic heterocycles. The van der Waals surface area contributed by atoms with Crippen LogP contribution in [0.1, 0.15) is 5.56 Å². The molecule has 0 aliphatic heterocycles. The number of nitrogens with zero attached hydrogens (tertiary/aromatic N) is 1. The number of hydrogen-bond acceptors (Lipinski definition) is 4. The van der Waals surface area contributed by atoms with Crippen molar-refractivity contribution in [1.82, 2.24) is 10.3 Å². The summed E-state index contributed by atoms with van der Waals surface area (Å²) < 4.78 is 26.3. The number of nitrogens with one attached hydrogen (secondary N) is 1. The maximum absolute atomic E-state index is 14.2. The number of pyridine rings is 1. The molecule has 0 fully saturated rings. The standard InChI is InChI=1S/C14H13Br2FN2O2/c1-18-7-8-3-4-19-14(13(8)17)21-12-6-9(15)11(20-2)5-10(12)16/h3-6,18H,7H2,1-2H3. The third-order valence-corrected chi connectivity index (χ3v) is 3.96. The van der Waals surface area contributed by atoms with Crippen LogP contribution in [-0.2, 0) is 6.54 Å². The monoisotopic (exact) mass is 418 g/mol. The van der Waals surface area contributed by atoms with Gasteiger partial charge in [-0.05, 0) is 57.1 Å². The van der Waals surface area contributed by atoms with Gasteiger partial charge in [-0.3, -0.25) is 0 Å². The van der Waals surface area contributed by atoms with E-state index in [0.717, 1.165) is 0 Å². The van der Waals surface area contributed by atoms with E-state index in [4.69, 9.17) is 9.47 Å². The first kappa shape index (κ1) is 16.2. The maximum Gasteiger partial charge on any atom is 0.256 e. The lowest BCUT2D eigenvalue weighted by Crippen LogP contribution is -2.08. The van der Waals surface area contributed by atoms with Crippen LogP contribution in [0, 0.1) is 5.82 Å². The van der Waals surface area contributed by atoms with Gasteiger partial charge in [0.2, 0.25) is 0 Å². The largest absolute Gasteiger partial charge is 0.496 e. The Kier molecular flexibility index (Phi) is 5.55. The fourth-order valence-corrected chi connectivity index (χ4v) is 2.60. The quantitative estimate of drug-likeness (QED) is 0.785. The Morgan fingerprint density at radius 2 is 1.90 bits per heavy atom. The summed E-state index contributed by atoms with van der Waals surface area (Å²) in [6, 6.07) is 5.03. The van der Waals surface area contributed by atoms with Crippen LogP contribution in [0.4, 0.5) is 4.39 Å². The van der Waals surface area contributed by atoms with Gasteiger partial charge in [0.15, 0.2) is 5.82 Å². The molecule has 1 heterocycles. The predicted octanol–water partition coefficient (Wildman–Crippen LogP) is 4.27. The predicted molar refractivity (Wildman–Crippen MR) is 85.4 cm³/mol. The smallest absolute Gasteiger partial charge is 0.256 e. The second kappa shape index (κ2) is 7.20. The molecule has 2 rings (SSSR count). The second-order valence-corrected chi connectivity index (χ2v) is 5.85. The molecule has 0 bridgehead atoms. The highest BCUT2D eigenvalue weighted by atomic mass is 79.9. The van der Waals surface area contributed by atoms with E-state index >= 15 is 0 Å². The normalized spacial score (nSPS) is 10.5. The number of halogens is 3. The number of hydrogen-bond donors (Lipinski definition) is 1. The molecule has 1 aromatic carbocycles. The van der Waals surface area contributed by atoms with Crippen LogP contribution >= 0.6 is 31.9 Å². The molecular formula is C14H13Br2FN2O2. The molecule has 0 spiro atoms. The van der Waals surface area contributed by atoms with Crippen LogP contribution in [0.25, 0.3) is 0 Å². The van der Waals surface area contributed by atoms with Gasteiger partial charge in [0.25, 0.3) is 5.88 Å². The second-order valence-electron chi connectivity index (χ2n) is 4.14. The number of methoxy groups -OCH3 is 1. The number of rotatable bonds is 5. The van der Waals surface area contributed by atoms with Gasteiger partial charge in [0.05, 0.1) is 16.1 Å². The van der Waals surface area contributed by atoms with Crippen molar-refractivity contribution in [3.05, 3.63) is 44.7 Å². The molecule has 0 atom stereocenters. The molecule has 0 aliphatic rings. The molecule has 1 N–H and O–H groups in total. The molecule has 7 heteroatoms. The minimum absolute atomic E-state index is 0.0690. The highest BCUT2D eigenvalue weighted by Crippen LogP contribution is 2.38. The van der Waals surface area contributed by atoms with Gasteiger partial charge in [0, 0.05) is 18.3 Å². The van der Waals surface area contributed by atoms with Crippen LogP contribution in [0.5, 0.6) is 17.4 Å². The Morgan fingerprint density at radius 1 is 1.24 bits per heavy atom. The van der Waals surface area contributed by atoms with Gasteiger partial charge < -0.3 is 14.8 Å². The Morgan fingerprint density at radius 3 is 2.57 bits per heavy atom. The first-order valence-corrected chi connectivity index (χ1v) is 7.64. The summed E-state index contributed by atoms with van der Waals surface area (Å²) in [5, 5.41) is 2.89. The molecule has 0 unspecified atom stereocenters. The lowest BCUT2D eigenvalue weighted by molar-refractivity contribution is 0.402. The molecular weight excluding hydrogens is 407 g/mol. The maximum atomic E-state index is 14.2. The van der Waals surface area contributed by atoms with Crippen molar-refractivity contribution < 1.29 is 13.9 Å². The Balaban J connectivity index is 2.34. The van der Waals surface area contributed by atoms with Crippen molar-refractivity contribution in [2.24, 2.45) is 0 Å². The van der Waals surface area contributed by atoms with E-state index in [1.807, 2.05) is 0 Å². The minimum Gasteiger partial charge on any atom is -0.496 e. The lowest BCUT2D eigenvalue weighted by atomic mass is 10.2. The van der Waals surface area contributed by atoms with Crippen molar-refractivity contribution in [3.8, 4) is 17.4 Å². The van der Waals surface area contributed by atoms with Gasteiger partial charge in [0.1, 0.15) is 11.5 Å². The van der Waals surface area contributed by atoms with Gasteiger partial charge in [-0.25, -0.2) is 9.37 Å². The average molecular weight is 420 g/mol. The van der Waals surface area contributed by atoms with Crippen molar-refractivity contribution in [1.29, 1.82) is 0 Å². The van der Waals surface area contributed by atoms with Crippen LogP contribution in [0.15, 0.2) is 33.3 Å². The number of benzene rings is 1. The fraction of sp³-hybridized carbons (Fsp3) is 0.214. The summed E-state index contributed by atoms with van der Waals surface area (Å²) >= 11 is 6.73. The Hall–Kier alpha value is -1.18. The van der Waals surface area contributed by atoms with Crippen LogP contribution < -0.4 is 14.8 Å². The van der Waals surface area contributed by atoms with Crippen molar-refractivity contribution in [2.45, 2.75) is 6.54 Å². The van der Waals surface area contributed by atoms with E-state index in [2.05, 4.69) is 42.2 Å². The highest BCUT2D eigenvalue weighted by molar-refractivity contribution is 9.11. The van der Waals surface area contributed by atoms with E-state index in [9.17, 15) is 4.39 Å². The average Bonchev–Trinajstić information content (AvgIpc) is 2.46. The zero-order valence-corrected chi connectivity index (χ0v) is 14.6. The third-order valence-electron chi connectivity index (χ3n) is 2.72. The van der Waals surface area contributed by atoms with Gasteiger partial charge in [-0.1, -0.05) is 0 Å². The molecule has 0 amide bonds. The van der Waals surface area contributed by atoms with Crippen LogP contribution in [0.3, 0.4) is 0 Å². The zero-order valence-electron chi connectivity index (χ0n) is 11.4. The van der Waals surface area contributed by atoms with E-state index in [0.29, 0.717) is 32.6 Å². The lowest BCUT2D eigenvalue weighted by Gasteiger charge is -2.12. The summed E-state index contributed by atoms with van der Waals surface area (Å²) in [5.41, 5.74) is 0.492. The van der Waals surface area contributed by atoms with Gasteiger partial charge >= 0.3 is 0 Å². The summed E-state index contributed by atoms with van der Waals surface area (Å²) in [4.78, 5) is 3.94. The topological polar surface area (TPSA) is 43.4 Å². The summed E-state index contributed by atoms with van der Waals surface area (Å²) in [7, 11) is 3.31. The SMILES string of the molecule is CNCc1ccnc(Oc2cc(Br)c(OC)cc2Br)c1F. The molecule has 21 heavy (non-hydrogen) atoms. The van der Waals surface area contributed by atoms with Crippen molar-refractivity contribution in [2.75, 3.05) is 14.2 Å². The molecule has 0 saturated heterocycles. The molecule has 4 nitrogen and oxygen atoms in total. The first-order valence-electron chi connectivity index (χ1n) is 6.05. The summed E-state index contributed by atoms with van der Waals surface area (Å²) in [6.07, 6.45) is 1.51. The third kappa shape index (κ3) is 3.72. The first-order chi connectivity index (χ1) is 10.1. The van der Waals surface area contributed by atoms with Crippen molar-refractivity contribution in [3.63, 3.8) is 0 Å². The molecule has 0 saturated carbocycles. The fourth-order valence-electron chi connectivity index (χ4n) is 1.71. The number of aromatic nitrogens is 1. The zero-order chi connectivity index (χ0) is 15.4. The molecule has 112 valence electrons. The summed E-state index contributed by atoms with van der Waals surface area (Å²) in [6.45, 7) is 0.401. The summed E-state index contributed by atoms with van der Waals surface area (Å²) in [5.74, 6) is 0.536. The van der Waals surface area contributed by atoms with E-state index in [1.54, 1.807) is 32.4 Å². The van der Waals surface area contributed by atoms with E-state index in [-0.39, 0.29) is 5.88 Å². The van der Waals surface area contributed by atoms with Crippen LogP contribution in [0.2, 0.25) is 0 Å². The van der Waals surface area contributed by atoms with Crippen LogP contribution in [-0.4, -0.2) is 19.1 Å².